The Bertz CT molecular complexity index is 825. The Balaban J connectivity index is 1.69. The zero-order chi connectivity index (χ0) is 17.2. The second-order valence-electron chi connectivity index (χ2n) is 4.97. The number of hydrogen-bond acceptors (Lipinski definition) is 3. The third-order valence-electron chi connectivity index (χ3n) is 3.19. The maximum Gasteiger partial charge on any atom is 0.416 e. The number of aromatic nitrogens is 1. The van der Waals surface area contributed by atoms with Gasteiger partial charge in [-0.05, 0) is 30.3 Å². The van der Waals surface area contributed by atoms with E-state index in [4.69, 9.17) is 0 Å². The van der Waals surface area contributed by atoms with E-state index in [-0.39, 0.29) is 5.82 Å². The first-order valence-corrected chi connectivity index (χ1v) is 8.79. The molecule has 1 heterocycles. The van der Waals surface area contributed by atoms with E-state index in [0.717, 1.165) is 22.7 Å². The lowest BCUT2D eigenvalue weighted by molar-refractivity contribution is -0.137. The Morgan fingerprint density at radius 2 is 1.79 bits per heavy atom. The van der Waals surface area contributed by atoms with Gasteiger partial charge >= 0.3 is 6.18 Å². The molecule has 0 bridgehead atoms. The molecule has 24 heavy (non-hydrogen) atoms. The minimum absolute atomic E-state index is 0.288. The van der Waals surface area contributed by atoms with Gasteiger partial charge in [-0.25, -0.2) is 9.37 Å². The molecule has 0 aliphatic heterocycles. The lowest BCUT2D eigenvalue weighted by Crippen LogP contribution is -2.03. The van der Waals surface area contributed by atoms with Crippen LogP contribution in [0.25, 0.3) is 10.6 Å². The summed E-state index contributed by atoms with van der Waals surface area (Å²) in [4.78, 5) is 5.24. The number of rotatable bonds is 4. The lowest BCUT2D eigenvalue weighted by atomic mass is 10.1. The predicted octanol–water partition coefficient (Wildman–Crippen LogP) is 6.26. The van der Waals surface area contributed by atoms with Crippen LogP contribution in [0, 0.1) is 5.82 Å². The summed E-state index contributed by atoms with van der Waals surface area (Å²) in [6.45, 7) is 0. The van der Waals surface area contributed by atoms with E-state index < -0.39 is 11.7 Å². The summed E-state index contributed by atoms with van der Waals surface area (Å²) in [5, 5.41) is 2.53. The van der Waals surface area contributed by atoms with Gasteiger partial charge in [-0.2, -0.15) is 13.2 Å². The second-order valence-corrected chi connectivity index (χ2v) is 6.87. The Morgan fingerprint density at radius 3 is 2.46 bits per heavy atom. The first-order valence-electron chi connectivity index (χ1n) is 6.92. The number of halogens is 4. The van der Waals surface area contributed by atoms with Gasteiger partial charge in [0.1, 0.15) is 10.8 Å². The maximum absolute atomic E-state index is 13.1. The minimum atomic E-state index is -4.34. The summed E-state index contributed by atoms with van der Waals surface area (Å²) >= 11 is 2.83. The van der Waals surface area contributed by atoms with Crippen molar-refractivity contribution in [2.24, 2.45) is 0 Å². The van der Waals surface area contributed by atoms with Gasteiger partial charge < -0.3 is 0 Å². The Labute approximate surface area is 144 Å². The van der Waals surface area contributed by atoms with Crippen LogP contribution < -0.4 is 0 Å². The molecule has 0 saturated carbocycles. The molecular formula is C17H11F4NS2. The van der Waals surface area contributed by atoms with Crippen molar-refractivity contribution in [1.82, 2.24) is 4.98 Å². The highest BCUT2D eigenvalue weighted by molar-refractivity contribution is 7.98. The molecule has 0 radical (unpaired) electrons. The molecule has 0 saturated heterocycles. The third-order valence-corrected chi connectivity index (χ3v) is 5.16. The van der Waals surface area contributed by atoms with E-state index in [1.807, 2.05) is 11.4 Å². The van der Waals surface area contributed by atoms with Crippen molar-refractivity contribution >= 4 is 23.1 Å². The average molecular weight is 369 g/mol. The van der Waals surface area contributed by atoms with Gasteiger partial charge in [0.2, 0.25) is 0 Å². The van der Waals surface area contributed by atoms with E-state index >= 15 is 0 Å². The van der Waals surface area contributed by atoms with Gasteiger partial charge in [0.05, 0.1) is 11.3 Å². The molecule has 1 nitrogen and oxygen atoms in total. The van der Waals surface area contributed by atoms with Crippen molar-refractivity contribution in [3.8, 4) is 10.6 Å². The highest BCUT2D eigenvalue weighted by atomic mass is 32.2. The molecule has 0 atom stereocenters. The zero-order valence-corrected chi connectivity index (χ0v) is 13.8. The summed E-state index contributed by atoms with van der Waals surface area (Å²) in [5.41, 5.74) is 0.781. The molecule has 0 aliphatic rings. The number of thioether (sulfide) groups is 1. The SMILES string of the molecule is Fc1cccc(SCc2csc(-c3ccc(C(F)(F)F)cc3)n2)c1. The van der Waals surface area contributed by atoms with Crippen LogP contribution in [0.2, 0.25) is 0 Å². The fourth-order valence-corrected chi connectivity index (χ4v) is 3.79. The lowest BCUT2D eigenvalue weighted by Gasteiger charge is -2.06. The molecule has 0 N–H and O–H groups in total. The van der Waals surface area contributed by atoms with Crippen molar-refractivity contribution in [2.45, 2.75) is 16.8 Å². The van der Waals surface area contributed by atoms with E-state index in [2.05, 4.69) is 4.98 Å². The van der Waals surface area contributed by atoms with Crippen LogP contribution >= 0.6 is 23.1 Å². The predicted molar refractivity (Wildman–Crippen MR) is 88.5 cm³/mol. The minimum Gasteiger partial charge on any atom is -0.240 e. The van der Waals surface area contributed by atoms with Crippen molar-refractivity contribution in [3.63, 3.8) is 0 Å². The summed E-state index contributed by atoms with van der Waals surface area (Å²) in [6.07, 6.45) is -4.34. The van der Waals surface area contributed by atoms with Gasteiger partial charge in [0.25, 0.3) is 0 Å². The first kappa shape index (κ1) is 17.0. The van der Waals surface area contributed by atoms with Crippen molar-refractivity contribution in [2.75, 3.05) is 0 Å². The molecule has 124 valence electrons. The summed E-state index contributed by atoms with van der Waals surface area (Å²) in [7, 11) is 0. The smallest absolute Gasteiger partial charge is 0.240 e. The average Bonchev–Trinajstić information content (AvgIpc) is 3.01. The van der Waals surface area contributed by atoms with Crippen molar-refractivity contribution in [1.29, 1.82) is 0 Å². The van der Waals surface area contributed by atoms with Crippen LogP contribution in [-0.2, 0) is 11.9 Å². The summed E-state index contributed by atoms with van der Waals surface area (Å²) < 4.78 is 50.8. The van der Waals surface area contributed by atoms with Crippen LogP contribution in [0.3, 0.4) is 0 Å². The highest BCUT2D eigenvalue weighted by Crippen LogP contribution is 2.32. The van der Waals surface area contributed by atoms with Crippen LogP contribution in [0.15, 0.2) is 58.8 Å². The topological polar surface area (TPSA) is 12.9 Å². The number of nitrogens with zero attached hydrogens (tertiary/aromatic N) is 1. The molecule has 0 unspecified atom stereocenters. The van der Waals surface area contributed by atoms with Crippen molar-refractivity contribution < 1.29 is 17.6 Å². The van der Waals surface area contributed by atoms with E-state index in [1.54, 1.807) is 6.07 Å². The molecule has 3 rings (SSSR count). The Kier molecular flexibility index (Phi) is 4.91. The number of alkyl halides is 3. The van der Waals surface area contributed by atoms with Crippen LogP contribution in [0.1, 0.15) is 11.3 Å². The summed E-state index contributed by atoms with van der Waals surface area (Å²) in [6, 6.07) is 11.2. The molecule has 7 heteroatoms. The largest absolute Gasteiger partial charge is 0.416 e. The third kappa shape index (κ3) is 4.15. The normalized spacial score (nSPS) is 11.7. The van der Waals surface area contributed by atoms with Gasteiger partial charge in [0, 0.05) is 21.6 Å². The molecule has 0 aliphatic carbocycles. The van der Waals surface area contributed by atoms with Gasteiger partial charge in [-0.1, -0.05) is 18.2 Å². The highest BCUT2D eigenvalue weighted by Gasteiger charge is 2.30. The van der Waals surface area contributed by atoms with Crippen LogP contribution in [-0.4, -0.2) is 4.98 Å². The molecule has 0 spiro atoms. The second kappa shape index (κ2) is 6.94. The number of hydrogen-bond donors (Lipinski definition) is 0. The fraction of sp³-hybridized carbons (Fsp3) is 0.118. The Hall–Kier alpha value is -1.86. The molecule has 1 aromatic heterocycles. The Morgan fingerprint density at radius 1 is 1.04 bits per heavy atom. The fourth-order valence-electron chi connectivity index (χ4n) is 2.02. The molecule has 3 aromatic rings. The molecule has 0 amide bonds. The van der Waals surface area contributed by atoms with Gasteiger partial charge in [0.15, 0.2) is 0 Å². The van der Waals surface area contributed by atoms with E-state index in [9.17, 15) is 17.6 Å². The van der Waals surface area contributed by atoms with E-state index in [1.165, 1.54) is 47.4 Å². The number of thiazole rings is 1. The standard InChI is InChI=1S/C17H11F4NS2/c18-13-2-1-3-15(8-13)23-9-14-10-24-16(22-14)11-4-6-12(7-5-11)17(19,20)21/h1-8,10H,9H2. The first-order chi connectivity index (χ1) is 11.4. The van der Waals surface area contributed by atoms with Crippen molar-refractivity contribution in [3.05, 3.63) is 71.0 Å². The summed E-state index contributed by atoms with van der Waals surface area (Å²) in [5.74, 6) is 0.282. The monoisotopic (exact) mass is 369 g/mol. The van der Waals surface area contributed by atoms with E-state index in [0.29, 0.717) is 16.3 Å². The van der Waals surface area contributed by atoms with Gasteiger partial charge in [-0.3, -0.25) is 0 Å². The quantitative estimate of drug-likeness (QED) is 0.398. The number of benzene rings is 2. The van der Waals surface area contributed by atoms with Crippen LogP contribution in [0.4, 0.5) is 17.6 Å². The molecular weight excluding hydrogens is 358 g/mol. The maximum atomic E-state index is 13.1. The van der Waals surface area contributed by atoms with Crippen LogP contribution in [0.5, 0.6) is 0 Å². The van der Waals surface area contributed by atoms with Gasteiger partial charge in [-0.15, -0.1) is 23.1 Å². The molecule has 2 aromatic carbocycles. The zero-order valence-electron chi connectivity index (χ0n) is 12.2. The molecule has 0 fully saturated rings.